The van der Waals surface area contributed by atoms with E-state index in [4.69, 9.17) is 9.72 Å². The van der Waals surface area contributed by atoms with Gasteiger partial charge < -0.3 is 14.6 Å². The number of alkyl halides is 3. The van der Waals surface area contributed by atoms with Crippen LogP contribution in [0.5, 0.6) is 0 Å². The largest absolute Gasteiger partial charge is 0.416 e. The van der Waals surface area contributed by atoms with Gasteiger partial charge in [-0.1, -0.05) is 20.3 Å². The molecule has 1 saturated carbocycles. The Morgan fingerprint density at radius 2 is 1.91 bits per heavy atom. The van der Waals surface area contributed by atoms with Crippen LogP contribution in [0.2, 0.25) is 0 Å². The van der Waals surface area contributed by atoms with Crippen molar-refractivity contribution >= 4 is 17.5 Å². The van der Waals surface area contributed by atoms with Gasteiger partial charge in [0.15, 0.2) is 5.82 Å². The number of ether oxygens (including phenoxy) is 1. The van der Waals surface area contributed by atoms with Crippen LogP contribution < -0.4 is 10.2 Å². The number of carbonyl (C=O) groups excluding carboxylic acids is 1. The molecule has 1 aliphatic heterocycles. The molecule has 1 aliphatic carbocycles. The van der Waals surface area contributed by atoms with Crippen LogP contribution in [0.1, 0.15) is 60.2 Å². The number of halogens is 3. The van der Waals surface area contributed by atoms with Gasteiger partial charge in [-0.2, -0.15) is 18.3 Å². The molecule has 4 heterocycles. The summed E-state index contributed by atoms with van der Waals surface area (Å²) in [5, 5.41) is 16.0. The molecule has 2 aliphatic rings. The van der Waals surface area contributed by atoms with Crippen LogP contribution in [0, 0.1) is 11.8 Å². The topological polar surface area (TPSA) is 103 Å². The van der Waals surface area contributed by atoms with Gasteiger partial charge >= 0.3 is 6.18 Å². The van der Waals surface area contributed by atoms with Crippen LogP contribution in [-0.4, -0.2) is 48.6 Å². The van der Waals surface area contributed by atoms with E-state index >= 15 is 0 Å². The molecule has 0 spiro atoms. The minimum Gasteiger partial charge on any atom is -0.376 e. The third kappa shape index (κ3) is 5.80. The van der Waals surface area contributed by atoms with Crippen molar-refractivity contribution in [1.29, 1.82) is 0 Å². The average molecular weight is 609 g/mol. The number of benzene rings is 1. The van der Waals surface area contributed by atoms with Gasteiger partial charge in [-0.05, 0) is 60.1 Å². The van der Waals surface area contributed by atoms with E-state index < -0.39 is 17.6 Å². The molecule has 0 radical (unpaired) electrons. The first-order valence-corrected chi connectivity index (χ1v) is 14.7. The van der Waals surface area contributed by atoms with Gasteiger partial charge in [0.2, 0.25) is 0 Å². The Morgan fingerprint density at radius 3 is 2.57 bits per heavy atom. The summed E-state index contributed by atoms with van der Waals surface area (Å²) in [6, 6.07) is 6.19. The predicted molar refractivity (Wildman–Crippen MR) is 159 cm³/mol. The van der Waals surface area contributed by atoms with E-state index in [1.165, 1.54) is 11.0 Å². The SMILES string of the molecule is CC(C)CNc1cc(-c2c(-c3nncn3C)cnn2C)cc(N2Cc3c(cc(COCC4CCC4)cc3C(F)(F)F)C2=O)n1. The fraction of sp³-hybridized carbons (Fsp3) is 0.452. The van der Waals surface area contributed by atoms with Gasteiger partial charge in [-0.15, -0.1) is 10.2 Å². The van der Waals surface area contributed by atoms with E-state index in [9.17, 15) is 18.0 Å². The summed E-state index contributed by atoms with van der Waals surface area (Å²) in [5.41, 5.74) is 1.54. The minimum absolute atomic E-state index is 0.0163. The quantitative estimate of drug-likeness (QED) is 0.241. The Labute approximate surface area is 253 Å². The fourth-order valence-electron chi connectivity index (χ4n) is 5.65. The highest BCUT2D eigenvalue weighted by Gasteiger charge is 2.41. The number of pyridine rings is 1. The number of anilines is 2. The average Bonchev–Trinajstić information content (AvgIpc) is 3.64. The maximum absolute atomic E-state index is 14.3. The number of fused-ring (bicyclic) bond motifs is 1. The van der Waals surface area contributed by atoms with Gasteiger partial charge in [0.25, 0.3) is 5.91 Å². The Bertz CT molecular complexity index is 1690. The van der Waals surface area contributed by atoms with Crippen molar-refractivity contribution in [3.8, 4) is 22.6 Å². The van der Waals surface area contributed by atoms with Crippen LogP contribution in [0.25, 0.3) is 22.6 Å². The first-order valence-electron chi connectivity index (χ1n) is 14.7. The van der Waals surface area contributed by atoms with Crippen molar-refractivity contribution in [2.45, 2.75) is 52.4 Å². The van der Waals surface area contributed by atoms with Gasteiger partial charge in [0, 0.05) is 38.4 Å². The zero-order valence-corrected chi connectivity index (χ0v) is 25.1. The van der Waals surface area contributed by atoms with Crippen molar-refractivity contribution in [2.24, 2.45) is 25.9 Å². The smallest absolute Gasteiger partial charge is 0.376 e. The molecule has 1 amide bonds. The maximum Gasteiger partial charge on any atom is 0.416 e. The first-order chi connectivity index (χ1) is 21.0. The van der Waals surface area contributed by atoms with Gasteiger partial charge in [-0.3, -0.25) is 14.4 Å². The molecule has 0 atom stereocenters. The van der Waals surface area contributed by atoms with Crippen LogP contribution in [0.3, 0.4) is 0 Å². The van der Waals surface area contributed by atoms with Crippen molar-refractivity contribution in [2.75, 3.05) is 23.4 Å². The summed E-state index contributed by atoms with van der Waals surface area (Å²) in [4.78, 5) is 19.8. The Kier molecular flexibility index (Phi) is 7.91. The molecule has 1 aromatic carbocycles. The molecule has 44 heavy (non-hydrogen) atoms. The summed E-state index contributed by atoms with van der Waals surface area (Å²) in [7, 11) is 3.61. The van der Waals surface area contributed by atoms with E-state index in [2.05, 4.69) is 34.5 Å². The third-order valence-corrected chi connectivity index (χ3v) is 8.20. The molecule has 232 valence electrons. The summed E-state index contributed by atoms with van der Waals surface area (Å²) in [6.45, 7) is 4.98. The Morgan fingerprint density at radius 1 is 1.11 bits per heavy atom. The van der Waals surface area contributed by atoms with Crippen LogP contribution in [0.4, 0.5) is 24.8 Å². The second-order valence-electron chi connectivity index (χ2n) is 12.0. The molecular weight excluding hydrogens is 573 g/mol. The fourth-order valence-corrected chi connectivity index (χ4v) is 5.65. The van der Waals surface area contributed by atoms with E-state index in [0.717, 1.165) is 25.3 Å². The van der Waals surface area contributed by atoms with Crippen molar-refractivity contribution < 1.29 is 22.7 Å². The standard InChI is InChI=1S/C31H35F3N8O2/c1-18(2)12-35-26-10-21(28-23(13-37-41(28)4)29-39-36-17-40(29)3)11-27(38-26)42-14-24-22(30(42)43)8-20(9-25(24)31(32,33)34)16-44-15-19-6-5-7-19/h8-11,13,17-19H,5-7,12,14-16H2,1-4H3,(H,35,38). The van der Waals surface area contributed by atoms with Crippen LogP contribution in [0.15, 0.2) is 36.8 Å². The lowest BCUT2D eigenvalue weighted by Gasteiger charge is -2.25. The Balaban J connectivity index is 1.39. The van der Waals surface area contributed by atoms with Gasteiger partial charge in [-0.25, -0.2) is 4.98 Å². The molecule has 0 saturated heterocycles. The number of hydrogen-bond acceptors (Lipinski definition) is 7. The monoisotopic (exact) mass is 608 g/mol. The molecule has 6 rings (SSSR count). The number of hydrogen-bond donors (Lipinski definition) is 1. The maximum atomic E-state index is 14.3. The van der Waals surface area contributed by atoms with Gasteiger partial charge in [0.05, 0.1) is 36.2 Å². The summed E-state index contributed by atoms with van der Waals surface area (Å²) in [5.74, 6) is 1.53. The number of aryl methyl sites for hydroxylation is 2. The molecule has 10 nitrogen and oxygen atoms in total. The summed E-state index contributed by atoms with van der Waals surface area (Å²) >= 11 is 0. The number of aromatic nitrogens is 6. The third-order valence-electron chi connectivity index (χ3n) is 8.20. The predicted octanol–water partition coefficient (Wildman–Crippen LogP) is 5.84. The molecule has 0 unspecified atom stereocenters. The molecule has 3 aromatic heterocycles. The van der Waals surface area contributed by atoms with Crippen LogP contribution >= 0.6 is 0 Å². The highest BCUT2D eigenvalue weighted by atomic mass is 19.4. The highest BCUT2D eigenvalue weighted by Crippen LogP contribution is 2.41. The molecule has 1 N–H and O–H groups in total. The molecule has 0 bridgehead atoms. The van der Waals surface area contributed by atoms with Crippen molar-refractivity contribution in [1.82, 2.24) is 29.5 Å². The Hall–Kier alpha value is -4.26. The molecule has 4 aromatic rings. The lowest BCUT2D eigenvalue weighted by molar-refractivity contribution is -0.138. The zero-order valence-electron chi connectivity index (χ0n) is 25.1. The van der Waals surface area contributed by atoms with Crippen LogP contribution in [-0.2, 0) is 38.2 Å². The second-order valence-corrected chi connectivity index (χ2v) is 12.0. The normalized spacial score (nSPS) is 15.3. The minimum atomic E-state index is -4.64. The summed E-state index contributed by atoms with van der Waals surface area (Å²) in [6.07, 6.45) is 1.94. The van der Waals surface area contributed by atoms with Crippen molar-refractivity contribution in [3.63, 3.8) is 0 Å². The second kappa shape index (κ2) is 11.7. The number of amides is 1. The number of rotatable bonds is 10. The first kappa shape index (κ1) is 29.8. The number of nitrogens with one attached hydrogen (secondary N) is 1. The molecule has 13 heteroatoms. The van der Waals surface area contributed by atoms with E-state index in [-0.39, 0.29) is 30.1 Å². The van der Waals surface area contributed by atoms with E-state index in [0.29, 0.717) is 59.0 Å². The van der Waals surface area contributed by atoms with E-state index in [1.807, 2.05) is 13.1 Å². The zero-order chi connectivity index (χ0) is 31.2. The number of carbonyl (C=O) groups is 1. The molecular formula is C31H35F3N8O2. The van der Waals surface area contributed by atoms with E-state index in [1.54, 1.807) is 34.9 Å². The molecule has 1 fully saturated rings. The lowest BCUT2D eigenvalue weighted by atomic mass is 9.86. The highest BCUT2D eigenvalue weighted by molar-refractivity contribution is 6.10. The lowest BCUT2D eigenvalue weighted by Crippen LogP contribution is -2.25. The van der Waals surface area contributed by atoms with Gasteiger partial charge in [0.1, 0.15) is 18.0 Å². The number of nitrogens with zero attached hydrogens (tertiary/aromatic N) is 7. The summed E-state index contributed by atoms with van der Waals surface area (Å²) < 4.78 is 52.2. The van der Waals surface area contributed by atoms with Crippen molar-refractivity contribution in [3.05, 3.63) is 59.0 Å².